The van der Waals surface area contributed by atoms with Gasteiger partial charge in [0.1, 0.15) is 5.75 Å². The average molecular weight is 348 g/mol. The van der Waals surface area contributed by atoms with Gasteiger partial charge in [-0.1, -0.05) is 0 Å². The third-order valence-electron chi connectivity index (χ3n) is 3.44. The summed E-state index contributed by atoms with van der Waals surface area (Å²) in [5, 5.41) is 5.77. The maximum absolute atomic E-state index is 12.0. The average Bonchev–Trinajstić information content (AvgIpc) is 2.53. The number of anilines is 2. The standard InChI is InChI=1S/C17H20N2O4S/c1-12-10-14(23-2)6-9-16(12)18-11-17(20)19-13-4-7-15(8-5-13)24(3,21)22/h4-10,18H,11H2,1-3H3,(H,19,20). The minimum absolute atomic E-state index is 0.0982. The van der Waals surface area contributed by atoms with Crippen LogP contribution in [0.5, 0.6) is 5.75 Å². The Bertz CT molecular complexity index is 830. The van der Waals surface area contributed by atoms with Gasteiger partial charge in [-0.15, -0.1) is 0 Å². The second-order valence-electron chi connectivity index (χ2n) is 5.38. The van der Waals surface area contributed by atoms with Crippen LogP contribution < -0.4 is 15.4 Å². The molecule has 0 aliphatic carbocycles. The molecule has 2 aromatic carbocycles. The van der Waals surface area contributed by atoms with Gasteiger partial charge in [0.15, 0.2) is 9.84 Å². The molecule has 0 radical (unpaired) electrons. The lowest BCUT2D eigenvalue weighted by Crippen LogP contribution is -2.22. The van der Waals surface area contributed by atoms with E-state index in [2.05, 4.69) is 10.6 Å². The molecule has 6 nitrogen and oxygen atoms in total. The Morgan fingerprint density at radius 3 is 2.33 bits per heavy atom. The van der Waals surface area contributed by atoms with Crippen LogP contribution in [-0.4, -0.2) is 34.2 Å². The van der Waals surface area contributed by atoms with E-state index in [-0.39, 0.29) is 17.3 Å². The third kappa shape index (κ3) is 4.73. The Balaban J connectivity index is 1.94. The van der Waals surface area contributed by atoms with Crippen molar-refractivity contribution in [2.75, 3.05) is 30.5 Å². The van der Waals surface area contributed by atoms with Crippen molar-refractivity contribution in [1.82, 2.24) is 0 Å². The van der Waals surface area contributed by atoms with Gasteiger partial charge in [0.25, 0.3) is 0 Å². The van der Waals surface area contributed by atoms with E-state index in [1.807, 2.05) is 25.1 Å². The maximum Gasteiger partial charge on any atom is 0.243 e. The van der Waals surface area contributed by atoms with Crippen LogP contribution in [-0.2, 0) is 14.6 Å². The fourth-order valence-electron chi connectivity index (χ4n) is 2.13. The predicted octanol–water partition coefficient (Wildman–Crippen LogP) is 2.46. The van der Waals surface area contributed by atoms with E-state index >= 15 is 0 Å². The Labute approximate surface area is 141 Å². The lowest BCUT2D eigenvalue weighted by atomic mass is 10.2. The zero-order valence-corrected chi connectivity index (χ0v) is 14.6. The molecule has 2 aromatic rings. The molecule has 24 heavy (non-hydrogen) atoms. The normalized spacial score (nSPS) is 11.0. The SMILES string of the molecule is COc1ccc(NCC(=O)Nc2ccc(S(C)(=O)=O)cc2)c(C)c1. The summed E-state index contributed by atoms with van der Waals surface area (Å²) in [6.07, 6.45) is 1.14. The number of amides is 1. The quantitative estimate of drug-likeness (QED) is 0.838. The summed E-state index contributed by atoms with van der Waals surface area (Å²) in [4.78, 5) is 12.2. The molecule has 128 valence electrons. The van der Waals surface area contributed by atoms with Crippen LogP contribution >= 0.6 is 0 Å². The first-order valence-corrected chi connectivity index (χ1v) is 9.17. The molecular formula is C17H20N2O4S. The number of aryl methyl sites for hydroxylation is 1. The molecule has 0 spiro atoms. The predicted molar refractivity (Wildman–Crippen MR) is 94.4 cm³/mol. The fraction of sp³-hybridized carbons (Fsp3) is 0.235. The van der Waals surface area contributed by atoms with Crippen LogP contribution in [0.25, 0.3) is 0 Å². The Morgan fingerprint density at radius 1 is 1.12 bits per heavy atom. The lowest BCUT2D eigenvalue weighted by Gasteiger charge is -2.11. The third-order valence-corrected chi connectivity index (χ3v) is 4.57. The second-order valence-corrected chi connectivity index (χ2v) is 7.39. The molecule has 0 aliphatic rings. The van der Waals surface area contributed by atoms with Crippen molar-refractivity contribution < 1.29 is 17.9 Å². The largest absolute Gasteiger partial charge is 0.497 e. The number of carbonyl (C=O) groups is 1. The van der Waals surface area contributed by atoms with Crippen LogP contribution in [0.2, 0.25) is 0 Å². The van der Waals surface area contributed by atoms with Crippen molar-refractivity contribution in [2.24, 2.45) is 0 Å². The van der Waals surface area contributed by atoms with Crippen molar-refractivity contribution in [2.45, 2.75) is 11.8 Å². The van der Waals surface area contributed by atoms with Gasteiger partial charge in [0.2, 0.25) is 5.91 Å². The van der Waals surface area contributed by atoms with E-state index in [0.29, 0.717) is 5.69 Å². The minimum atomic E-state index is -3.24. The topological polar surface area (TPSA) is 84.5 Å². The lowest BCUT2D eigenvalue weighted by molar-refractivity contribution is -0.114. The fourth-order valence-corrected chi connectivity index (χ4v) is 2.76. The van der Waals surface area contributed by atoms with Crippen LogP contribution in [0.4, 0.5) is 11.4 Å². The Kier molecular flexibility index (Phi) is 5.46. The number of sulfone groups is 1. The maximum atomic E-state index is 12.0. The van der Waals surface area contributed by atoms with Gasteiger partial charge in [-0.2, -0.15) is 0 Å². The molecule has 0 fully saturated rings. The van der Waals surface area contributed by atoms with E-state index in [1.54, 1.807) is 19.2 Å². The van der Waals surface area contributed by atoms with Crippen LogP contribution in [0, 0.1) is 6.92 Å². The number of rotatable bonds is 6. The van der Waals surface area contributed by atoms with Crippen LogP contribution in [0.15, 0.2) is 47.4 Å². The first-order valence-electron chi connectivity index (χ1n) is 7.28. The van der Waals surface area contributed by atoms with Crippen molar-refractivity contribution in [3.05, 3.63) is 48.0 Å². The molecule has 0 atom stereocenters. The number of ether oxygens (including phenoxy) is 1. The van der Waals surface area contributed by atoms with E-state index < -0.39 is 9.84 Å². The van der Waals surface area contributed by atoms with Crippen molar-refractivity contribution in [1.29, 1.82) is 0 Å². The minimum Gasteiger partial charge on any atom is -0.497 e. The van der Waals surface area contributed by atoms with Gasteiger partial charge in [-0.25, -0.2) is 8.42 Å². The first-order chi connectivity index (χ1) is 11.3. The van der Waals surface area contributed by atoms with Gasteiger partial charge < -0.3 is 15.4 Å². The molecule has 0 saturated carbocycles. The van der Waals surface area contributed by atoms with Crippen LogP contribution in [0.1, 0.15) is 5.56 Å². The van der Waals surface area contributed by atoms with Gasteiger partial charge in [-0.3, -0.25) is 4.79 Å². The van der Waals surface area contributed by atoms with Gasteiger partial charge >= 0.3 is 0 Å². The number of benzene rings is 2. The second kappa shape index (κ2) is 7.35. The number of hydrogen-bond acceptors (Lipinski definition) is 5. The number of nitrogens with one attached hydrogen (secondary N) is 2. The number of carbonyl (C=O) groups excluding carboxylic acids is 1. The molecule has 2 N–H and O–H groups in total. The molecule has 7 heteroatoms. The van der Waals surface area contributed by atoms with Crippen molar-refractivity contribution >= 4 is 27.1 Å². The molecule has 0 aromatic heterocycles. The zero-order valence-electron chi connectivity index (χ0n) is 13.8. The molecule has 0 aliphatic heterocycles. The first kappa shape index (κ1) is 17.8. The van der Waals surface area contributed by atoms with E-state index in [4.69, 9.17) is 4.74 Å². The number of methoxy groups -OCH3 is 1. The summed E-state index contributed by atoms with van der Waals surface area (Å²) in [6.45, 7) is 2.02. The Morgan fingerprint density at radius 2 is 1.79 bits per heavy atom. The summed E-state index contributed by atoms with van der Waals surface area (Å²) in [5.74, 6) is 0.533. The molecule has 0 saturated heterocycles. The summed E-state index contributed by atoms with van der Waals surface area (Å²) in [7, 11) is -1.64. The Hall–Kier alpha value is -2.54. The molecule has 0 heterocycles. The molecular weight excluding hydrogens is 328 g/mol. The monoisotopic (exact) mass is 348 g/mol. The van der Waals surface area contributed by atoms with E-state index in [9.17, 15) is 13.2 Å². The number of hydrogen-bond donors (Lipinski definition) is 2. The molecule has 0 bridgehead atoms. The van der Waals surface area contributed by atoms with Gasteiger partial charge in [-0.05, 0) is 55.0 Å². The summed E-state index contributed by atoms with van der Waals surface area (Å²) in [5.41, 5.74) is 2.36. The van der Waals surface area contributed by atoms with Gasteiger partial charge in [0.05, 0.1) is 18.6 Å². The summed E-state index contributed by atoms with van der Waals surface area (Å²) >= 11 is 0. The smallest absolute Gasteiger partial charge is 0.243 e. The highest BCUT2D eigenvalue weighted by atomic mass is 32.2. The van der Waals surface area contributed by atoms with Crippen LogP contribution in [0.3, 0.4) is 0 Å². The zero-order chi connectivity index (χ0) is 17.7. The van der Waals surface area contributed by atoms with E-state index in [1.165, 1.54) is 12.1 Å². The summed E-state index contributed by atoms with van der Waals surface area (Å²) < 4.78 is 27.9. The van der Waals surface area contributed by atoms with E-state index in [0.717, 1.165) is 23.3 Å². The highest BCUT2D eigenvalue weighted by Gasteiger charge is 2.08. The highest BCUT2D eigenvalue weighted by Crippen LogP contribution is 2.20. The van der Waals surface area contributed by atoms with Crippen molar-refractivity contribution in [3.63, 3.8) is 0 Å². The van der Waals surface area contributed by atoms with Gasteiger partial charge in [0, 0.05) is 17.6 Å². The molecule has 1 amide bonds. The highest BCUT2D eigenvalue weighted by molar-refractivity contribution is 7.90. The molecule has 0 unspecified atom stereocenters. The summed E-state index contributed by atoms with van der Waals surface area (Å²) in [6, 6.07) is 11.6. The molecule has 2 rings (SSSR count). The van der Waals surface area contributed by atoms with Crippen molar-refractivity contribution in [3.8, 4) is 5.75 Å².